The molecule has 0 amide bonds. The van der Waals surface area contributed by atoms with Gasteiger partial charge in [-0.3, -0.25) is 9.69 Å². The summed E-state index contributed by atoms with van der Waals surface area (Å²) < 4.78 is 15.4. The second-order valence-corrected chi connectivity index (χ2v) is 8.77. The standard InChI is InChI=1S/C24H31FN2O2/c1-18(28)17-26-13-9-24(25,10-14-26)23(29)16-19-5-6-20-7-11-27(22-3-2-4-22)12-8-21(20)15-19/h2-6,15,23,29H,7-14,16-17H2,1H3. The average molecular weight is 399 g/mol. The highest BCUT2D eigenvalue weighted by Gasteiger charge is 2.41. The number of hydrogen-bond donors (Lipinski definition) is 1. The van der Waals surface area contributed by atoms with Gasteiger partial charge >= 0.3 is 0 Å². The molecule has 5 heteroatoms. The van der Waals surface area contributed by atoms with Crippen LogP contribution in [-0.2, 0) is 24.1 Å². The number of piperidine rings is 1. The Labute approximate surface area is 172 Å². The number of nitrogens with zero attached hydrogens (tertiary/aromatic N) is 2. The van der Waals surface area contributed by atoms with Crippen LogP contribution in [-0.4, -0.2) is 65.2 Å². The Morgan fingerprint density at radius 1 is 1.17 bits per heavy atom. The van der Waals surface area contributed by atoms with Crippen LogP contribution >= 0.6 is 0 Å². The van der Waals surface area contributed by atoms with E-state index >= 15 is 4.39 Å². The van der Waals surface area contributed by atoms with Crippen LogP contribution in [0.15, 0.2) is 42.1 Å². The van der Waals surface area contributed by atoms with Crippen molar-refractivity contribution in [3.05, 3.63) is 58.8 Å². The van der Waals surface area contributed by atoms with Crippen LogP contribution in [0, 0.1) is 0 Å². The second kappa shape index (κ2) is 8.41. The van der Waals surface area contributed by atoms with Crippen molar-refractivity contribution in [1.82, 2.24) is 9.80 Å². The topological polar surface area (TPSA) is 43.8 Å². The summed E-state index contributed by atoms with van der Waals surface area (Å²) in [7, 11) is 0. The molecule has 4 rings (SSSR count). The van der Waals surface area contributed by atoms with Crippen molar-refractivity contribution in [2.24, 2.45) is 0 Å². The third kappa shape index (κ3) is 4.62. The number of halogens is 1. The number of fused-ring (bicyclic) bond motifs is 1. The molecule has 1 atom stereocenters. The maximum absolute atomic E-state index is 15.4. The molecule has 1 fully saturated rings. The van der Waals surface area contributed by atoms with Gasteiger partial charge in [0.15, 0.2) is 0 Å². The van der Waals surface area contributed by atoms with E-state index in [1.54, 1.807) is 6.92 Å². The number of ketones is 1. The Kier molecular flexibility index (Phi) is 5.88. The molecule has 1 aromatic rings. The lowest BCUT2D eigenvalue weighted by Crippen LogP contribution is -2.50. The number of carbonyl (C=O) groups excluding carboxylic acids is 1. The first-order valence-electron chi connectivity index (χ1n) is 10.8. The first kappa shape index (κ1) is 20.3. The molecule has 0 aromatic heterocycles. The number of likely N-dealkylation sites (tertiary alicyclic amines) is 1. The van der Waals surface area contributed by atoms with E-state index in [4.69, 9.17) is 0 Å². The number of rotatable bonds is 6. The summed E-state index contributed by atoms with van der Waals surface area (Å²) in [5.74, 6) is 0.102. The molecular formula is C24H31FN2O2. The quantitative estimate of drug-likeness (QED) is 0.800. The van der Waals surface area contributed by atoms with Crippen LogP contribution < -0.4 is 0 Å². The third-order valence-electron chi connectivity index (χ3n) is 6.63. The Hall–Kier alpha value is -1.98. The van der Waals surface area contributed by atoms with Gasteiger partial charge in [0.2, 0.25) is 0 Å². The average Bonchev–Trinajstić information content (AvgIpc) is 2.85. The summed E-state index contributed by atoms with van der Waals surface area (Å²) in [6.45, 7) is 5.00. The molecule has 2 aliphatic heterocycles. The van der Waals surface area contributed by atoms with Gasteiger partial charge in [-0.05, 0) is 61.4 Å². The number of Topliss-reactive ketones (excluding diaryl/α,β-unsaturated/α-hetero) is 1. The highest BCUT2D eigenvalue weighted by Crippen LogP contribution is 2.32. The Balaban J connectivity index is 1.36. The van der Waals surface area contributed by atoms with E-state index in [0.29, 0.717) is 26.1 Å². The number of aliphatic hydroxyl groups is 1. The van der Waals surface area contributed by atoms with Crippen LogP contribution in [0.3, 0.4) is 0 Å². The van der Waals surface area contributed by atoms with Gasteiger partial charge in [0.1, 0.15) is 11.5 Å². The third-order valence-corrected chi connectivity index (χ3v) is 6.63. The summed E-state index contributed by atoms with van der Waals surface area (Å²) in [5, 5.41) is 10.7. The van der Waals surface area contributed by atoms with Crippen LogP contribution in [0.1, 0.15) is 36.5 Å². The van der Waals surface area contributed by atoms with Gasteiger partial charge in [-0.15, -0.1) is 0 Å². The van der Waals surface area contributed by atoms with Gasteiger partial charge < -0.3 is 10.0 Å². The van der Waals surface area contributed by atoms with Crippen LogP contribution in [0.2, 0.25) is 0 Å². The zero-order valence-electron chi connectivity index (χ0n) is 17.2. The fourth-order valence-corrected chi connectivity index (χ4v) is 4.69. The van der Waals surface area contributed by atoms with Crippen molar-refractivity contribution in [3.8, 4) is 0 Å². The first-order chi connectivity index (χ1) is 13.9. The second-order valence-electron chi connectivity index (χ2n) is 8.77. The van der Waals surface area contributed by atoms with Gasteiger partial charge in [0.05, 0.1) is 12.6 Å². The maximum Gasteiger partial charge on any atom is 0.143 e. The van der Waals surface area contributed by atoms with Crippen molar-refractivity contribution in [2.75, 3.05) is 32.7 Å². The smallest absolute Gasteiger partial charge is 0.143 e. The highest BCUT2D eigenvalue weighted by molar-refractivity contribution is 5.77. The van der Waals surface area contributed by atoms with E-state index in [0.717, 1.165) is 31.5 Å². The van der Waals surface area contributed by atoms with Crippen molar-refractivity contribution >= 4 is 5.78 Å². The van der Waals surface area contributed by atoms with Crippen molar-refractivity contribution in [3.63, 3.8) is 0 Å². The predicted octanol–water partition coefficient (Wildman–Crippen LogP) is 2.84. The van der Waals surface area contributed by atoms with E-state index in [9.17, 15) is 9.90 Å². The molecule has 0 bridgehead atoms. The van der Waals surface area contributed by atoms with E-state index < -0.39 is 11.8 Å². The molecule has 1 N–H and O–H groups in total. The molecule has 2 heterocycles. The van der Waals surface area contributed by atoms with Crippen LogP contribution in [0.25, 0.3) is 0 Å². The number of alkyl halides is 1. The zero-order chi connectivity index (χ0) is 20.4. The number of benzene rings is 1. The minimum atomic E-state index is -1.57. The van der Waals surface area contributed by atoms with E-state index in [2.05, 4.69) is 41.3 Å². The number of allylic oxidation sites excluding steroid dienone is 3. The predicted molar refractivity (Wildman–Crippen MR) is 113 cm³/mol. The van der Waals surface area contributed by atoms with Crippen molar-refractivity contribution < 1.29 is 14.3 Å². The number of carbonyl (C=O) groups is 1. The Morgan fingerprint density at radius 2 is 1.86 bits per heavy atom. The first-order valence-corrected chi connectivity index (χ1v) is 10.8. The van der Waals surface area contributed by atoms with E-state index in [-0.39, 0.29) is 18.6 Å². The van der Waals surface area contributed by atoms with Gasteiger partial charge in [-0.25, -0.2) is 4.39 Å². The minimum Gasteiger partial charge on any atom is -0.389 e. The van der Waals surface area contributed by atoms with Gasteiger partial charge in [0, 0.05) is 38.3 Å². The van der Waals surface area contributed by atoms with Gasteiger partial charge in [0.25, 0.3) is 0 Å². The summed E-state index contributed by atoms with van der Waals surface area (Å²) >= 11 is 0. The lowest BCUT2D eigenvalue weighted by atomic mass is 9.84. The Morgan fingerprint density at radius 3 is 2.48 bits per heavy atom. The highest BCUT2D eigenvalue weighted by atomic mass is 19.1. The SMILES string of the molecule is CC(=O)CN1CCC(F)(C(O)Cc2ccc3c(c2)CCN(C2=CC=C2)CC3)CC1. The summed E-state index contributed by atoms with van der Waals surface area (Å²) in [5.41, 5.74) is 3.44. The van der Waals surface area contributed by atoms with Gasteiger partial charge in [-0.2, -0.15) is 0 Å². The summed E-state index contributed by atoms with van der Waals surface area (Å²) in [6, 6.07) is 6.38. The molecule has 4 nitrogen and oxygen atoms in total. The summed E-state index contributed by atoms with van der Waals surface area (Å²) in [4.78, 5) is 15.7. The fourth-order valence-electron chi connectivity index (χ4n) is 4.69. The molecule has 1 unspecified atom stereocenters. The van der Waals surface area contributed by atoms with Gasteiger partial charge in [-0.1, -0.05) is 24.3 Å². The Bertz CT molecular complexity index is 824. The molecule has 29 heavy (non-hydrogen) atoms. The van der Waals surface area contributed by atoms with Crippen LogP contribution in [0.5, 0.6) is 0 Å². The van der Waals surface area contributed by atoms with Crippen molar-refractivity contribution in [1.29, 1.82) is 0 Å². The molecule has 1 aliphatic carbocycles. The lowest BCUT2D eigenvalue weighted by Gasteiger charge is -2.38. The lowest BCUT2D eigenvalue weighted by molar-refractivity contribution is -0.119. The van der Waals surface area contributed by atoms with E-state index in [1.165, 1.54) is 16.8 Å². The largest absolute Gasteiger partial charge is 0.389 e. The molecule has 0 saturated carbocycles. The molecule has 156 valence electrons. The summed E-state index contributed by atoms with van der Waals surface area (Å²) in [6.07, 6.45) is 8.27. The molecule has 1 aromatic carbocycles. The number of hydrogen-bond acceptors (Lipinski definition) is 4. The fraction of sp³-hybridized carbons (Fsp3) is 0.542. The normalized spacial score (nSPS) is 22.3. The molecule has 1 saturated heterocycles. The van der Waals surface area contributed by atoms with E-state index in [1.807, 2.05) is 4.90 Å². The maximum atomic E-state index is 15.4. The van der Waals surface area contributed by atoms with Crippen LogP contribution in [0.4, 0.5) is 4.39 Å². The number of aliphatic hydroxyl groups excluding tert-OH is 1. The molecule has 0 radical (unpaired) electrons. The molecule has 0 spiro atoms. The molecule has 3 aliphatic rings. The minimum absolute atomic E-state index is 0.102. The monoisotopic (exact) mass is 398 g/mol. The molecular weight excluding hydrogens is 367 g/mol. The zero-order valence-corrected chi connectivity index (χ0v) is 17.2. The van der Waals surface area contributed by atoms with Crippen molar-refractivity contribution in [2.45, 2.75) is 50.8 Å².